The molecule has 0 aromatic carbocycles. The van der Waals surface area contributed by atoms with E-state index in [1.165, 1.54) is 6.20 Å². The molecule has 1 atom stereocenters. The van der Waals surface area contributed by atoms with Gasteiger partial charge in [-0.05, 0) is 15.9 Å². The van der Waals surface area contributed by atoms with Gasteiger partial charge in [0.25, 0.3) is 5.56 Å². The first-order valence-electron chi connectivity index (χ1n) is 3.88. The van der Waals surface area contributed by atoms with Crippen molar-refractivity contribution < 1.29 is 4.21 Å². The number of rotatable bonds is 4. The molecule has 0 aliphatic carbocycles. The van der Waals surface area contributed by atoms with E-state index in [2.05, 4.69) is 31.4 Å². The predicted octanol–water partition coefficient (Wildman–Crippen LogP) is 0.323. The summed E-state index contributed by atoms with van der Waals surface area (Å²) in [4.78, 5) is 11.1. The summed E-state index contributed by atoms with van der Waals surface area (Å²) >= 11 is 3.13. The van der Waals surface area contributed by atoms with E-state index < -0.39 is 10.8 Å². The van der Waals surface area contributed by atoms with E-state index in [1.54, 1.807) is 6.26 Å². The average Bonchev–Trinajstić information content (AvgIpc) is 2.12. The van der Waals surface area contributed by atoms with E-state index in [1.807, 2.05) is 0 Å². The molecular formula is C7H10BrN3O2S. The number of anilines is 1. The van der Waals surface area contributed by atoms with Crippen LogP contribution in [0.2, 0.25) is 0 Å². The summed E-state index contributed by atoms with van der Waals surface area (Å²) < 4.78 is 11.2. The lowest BCUT2D eigenvalue weighted by Crippen LogP contribution is -2.15. The van der Waals surface area contributed by atoms with Crippen molar-refractivity contribution >= 4 is 32.4 Å². The van der Waals surface area contributed by atoms with E-state index in [4.69, 9.17) is 0 Å². The molecule has 0 bridgehead atoms. The van der Waals surface area contributed by atoms with Crippen LogP contribution in [0.25, 0.3) is 0 Å². The molecule has 1 aromatic rings. The van der Waals surface area contributed by atoms with Crippen LogP contribution in [0, 0.1) is 0 Å². The molecule has 0 radical (unpaired) electrons. The van der Waals surface area contributed by atoms with Crippen LogP contribution in [0.5, 0.6) is 0 Å². The zero-order valence-electron chi connectivity index (χ0n) is 7.54. The quantitative estimate of drug-likeness (QED) is 0.833. The molecule has 2 N–H and O–H groups in total. The molecule has 7 heteroatoms. The van der Waals surface area contributed by atoms with Crippen molar-refractivity contribution in [3.8, 4) is 0 Å². The molecule has 14 heavy (non-hydrogen) atoms. The summed E-state index contributed by atoms with van der Waals surface area (Å²) in [7, 11) is -0.835. The topological polar surface area (TPSA) is 74.8 Å². The molecular weight excluding hydrogens is 270 g/mol. The summed E-state index contributed by atoms with van der Waals surface area (Å²) in [6.45, 7) is 0.548. The first-order valence-corrected chi connectivity index (χ1v) is 6.40. The van der Waals surface area contributed by atoms with Crippen LogP contribution in [0.1, 0.15) is 0 Å². The number of hydrogen-bond acceptors (Lipinski definition) is 4. The molecule has 5 nitrogen and oxygen atoms in total. The number of aromatic nitrogens is 2. The maximum Gasteiger partial charge on any atom is 0.280 e. The summed E-state index contributed by atoms with van der Waals surface area (Å²) in [5.41, 5.74) is 0.326. The summed E-state index contributed by atoms with van der Waals surface area (Å²) in [6.07, 6.45) is 3.14. The van der Waals surface area contributed by atoms with Crippen molar-refractivity contribution in [2.45, 2.75) is 0 Å². The van der Waals surface area contributed by atoms with Gasteiger partial charge in [0.2, 0.25) is 0 Å². The number of aromatic amines is 1. The van der Waals surface area contributed by atoms with Gasteiger partial charge in [0, 0.05) is 29.4 Å². The second kappa shape index (κ2) is 5.26. The Morgan fingerprint density at radius 2 is 2.43 bits per heavy atom. The molecule has 1 heterocycles. The van der Waals surface area contributed by atoms with Crippen molar-refractivity contribution in [1.29, 1.82) is 0 Å². The number of halogens is 1. The molecule has 0 saturated heterocycles. The highest BCUT2D eigenvalue weighted by Gasteiger charge is 2.03. The van der Waals surface area contributed by atoms with Gasteiger partial charge in [0.1, 0.15) is 4.47 Å². The molecule has 0 amide bonds. The zero-order valence-corrected chi connectivity index (χ0v) is 9.94. The minimum Gasteiger partial charge on any atom is -0.382 e. The Morgan fingerprint density at radius 3 is 3.07 bits per heavy atom. The molecule has 0 spiro atoms. The van der Waals surface area contributed by atoms with Crippen LogP contribution in [0.15, 0.2) is 15.5 Å². The van der Waals surface area contributed by atoms with E-state index in [0.29, 0.717) is 22.5 Å². The SMILES string of the molecule is CS(=O)CCNc1cn[nH]c(=O)c1Br. The van der Waals surface area contributed by atoms with E-state index in [0.717, 1.165) is 0 Å². The van der Waals surface area contributed by atoms with Gasteiger partial charge in [-0.2, -0.15) is 5.10 Å². The lowest BCUT2D eigenvalue weighted by molar-refractivity contribution is 0.687. The number of H-pyrrole nitrogens is 1. The fourth-order valence-electron chi connectivity index (χ4n) is 0.836. The van der Waals surface area contributed by atoms with Gasteiger partial charge < -0.3 is 5.32 Å². The van der Waals surface area contributed by atoms with Gasteiger partial charge in [-0.25, -0.2) is 5.10 Å². The van der Waals surface area contributed by atoms with Crippen molar-refractivity contribution in [2.24, 2.45) is 0 Å². The van der Waals surface area contributed by atoms with E-state index in [9.17, 15) is 9.00 Å². The Labute approximate surface area is 91.9 Å². The predicted molar refractivity (Wildman–Crippen MR) is 60.0 cm³/mol. The second-order valence-corrected chi connectivity index (χ2v) is 4.98. The van der Waals surface area contributed by atoms with Gasteiger partial charge in [-0.1, -0.05) is 0 Å². The lowest BCUT2D eigenvalue weighted by atomic mass is 10.4. The fraction of sp³-hybridized carbons (Fsp3) is 0.429. The highest BCUT2D eigenvalue weighted by atomic mass is 79.9. The van der Waals surface area contributed by atoms with Crippen LogP contribution in [0.4, 0.5) is 5.69 Å². The summed E-state index contributed by atoms with van der Waals surface area (Å²) in [5.74, 6) is 0.541. The summed E-state index contributed by atoms with van der Waals surface area (Å²) in [6, 6.07) is 0. The molecule has 0 aliphatic rings. The number of hydrogen-bond donors (Lipinski definition) is 2. The Balaban J connectivity index is 2.63. The zero-order chi connectivity index (χ0) is 10.6. The maximum absolute atomic E-state index is 11.1. The van der Waals surface area contributed by atoms with Crippen LogP contribution >= 0.6 is 15.9 Å². The van der Waals surface area contributed by atoms with Crippen LogP contribution in [-0.2, 0) is 10.8 Å². The Morgan fingerprint density at radius 1 is 1.71 bits per heavy atom. The minimum absolute atomic E-state index is 0.285. The van der Waals surface area contributed by atoms with Crippen LogP contribution in [0.3, 0.4) is 0 Å². The second-order valence-electron chi connectivity index (χ2n) is 2.63. The van der Waals surface area contributed by atoms with Crippen molar-refractivity contribution in [3.05, 3.63) is 21.0 Å². The van der Waals surface area contributed by atoms with Crippen LogP contribution < -0.4 is 10.9 Å². The van der Waals surface area contributed by atoms with Gasteiger partial charge in [0.15, 0.2) is 0 Å². The van der Waals surface area contributed by atoms with Gasteiger partial charge in [-0.3, -0.25) is 9.00 Å². The molecule has 0 fully saturated rings. The monoisotopic (exact) mass is 279 g/mol. The highest BCUT2D eigenvalue weighted by Crippen LogP contribution is 2.14. The van der Waals surface area contributed by atoms with Crippen molar-refractivity contribution in [1.82, 2.24) is 10.2 Å². The van der Waals surface area contributed by atoms with Crippen molar-refractivity contribution in [2.75, 3.05) is 23.9 Å². The van der Waals surface area contributed by atoms with Crippen molar-refractivity contribution in [3.63, 3.8) is 0 Å². The maximum atomic E-state index is 11.1. The van der Waals surface area contributed by atoms with Gasteiger partial charge in [-0.15, -0.1) is 0 Å². The highest BCUT2D eigenvalue weighted by molar-refractivity contribution is 9.10. The number of nitrogens with one attached hydrogen (secondary N) is 2. The average molecular weight is 280 g/mol. The molecule has 78 valence electrons. The third-order valence-electron chi connectivity index (χ3n) is 1.50. The van der Waals surface area contributed by atoms with Crippen LogP contribution in [-0.4, -0.2) is 33.0 Å². The summed E-state index contributed by atoms with van der Waals surface area (Å²) in [5, 5.41) is 8.89. The minimum atomic E-state index is -0.835. The van der Waals surface area contributed by atoms with E-state index >= 15 is 0 Å². The fourth-order valence-corrected chi connectivity index (χ4v) is 1.56. The lowest BCUT2D eigenvalue weighted by Gasteiger charge is -2.05. The largest absolute Gasteiger partial charge is 0.382 e. The molecule has 0 aliphatic heterocycles. The molecule has 1 rings (SSSR count). The molecule has 0 saturated carbocycles. The van der Waals surface area contributed by atoms with Gasteiger partial charge >= 0.3 is 0 Å². The first-order chi connectivity index (χ1) is 6.61. The molecule has 1 unspecified atom stereocenters. The standard InChI is InChI=1S/C7H10BrN3O2S/c1-14(13)3-2-9-5-4-10-11-7(12)6(5)8/h4H,2-3H2,1H3,(H2,9,11,12). The Bertz CT molecular complexity index is 393. The molecule has 1 aromatic heterocycles. The normalized spacial score (nSPS) is 12.4. The smallest absolute Gasteiger partial charge is 0.280 e. The first kappa shape index (κ1) is 11.4. The van der Waals surface area contributed by atoms with Gasteiger partial charge in [0.05, 0.1) is 11.9 Å². The Hall–Kier alpha value is -0.690. The third-order valence-corrected chi connectivity index (χ3v) is 3.07. The third kappa shape index (κ3) is 3.22. The van der Waals surface area contributed by atoms with E-state index in [-0.39, 0.29) is 5.56 Å². The number of nitrogens with zero attached hydrogens (tertiary/aromatic N) is 1. The Kier molecular flexibility index (Phi) is 4.27.